The van der Waals surface area contributed by atoms with Gasteiger partial charge in [-0.15, -0.1) is 11.3 Å². The van der Waals surface area contributed by atoms with E-state index in [2.05, 4.69) is 17.2 Å². The molecule has 0 aliphatic heterocycles. The maximum absolute atomic E-state index is 12.3. The predicted molar refractivity (Wildman–Crippen MR) is 77.1 cm³/mol. The molecule has 2 N–H and O–H groups in total. The second kappa shape index (κ2) is 5.52. The lowest BCUT2D eigenvalue weighted by molar-refractivity contribution is -0.146. The van der Waals surface area contributed by atoms with Crippen molar-refractivity contribution in [3.63, 3.8) is 0 Å². The molecule has 2 rings (SSSR count). The average molecular weight is 296 g/mol. The number of thiazole rings is 1. The number of hydrogen-bond acceptors (Lipinski definition) is 4. The number of aryl methyl sites for hydroxylation is 2. The summed E-state index contributed by atoms with van der Waals surface area (Å²) < 4.78 is 0. The highest BCUT2D eigenvalue weighted by molar-refractivity contribution is 7.11. The normalized spacial score (nSPS) is 26.2. The molecule has 1 aliphatic rings. The maximum atomic E-state index is 12.3. The fraction of sp³-hybridized carbons (Fsp3) is 0.643. The molecule has 5 nitrogen and oxygen atoms in total. The van der Waals surface area contributed by atoms with Gasteiger partial charge in [0.15, 0.2) is 0 Å². The number of nitrogens with zero attached hydrogens (tertiary/aromatic N) is 1. The van der Waals surface area contributed by atoms with Gasteiger partial charge >= 0.3 is 5.97 Å². The van der Waals surface area contributed by atoms with Crippen LogP contribution in [0.3, 0.4) is 0 Å². The summed E-state index contributed by atoms with van der Waals surface area (Å²) in [5, 5.41) is 13.1. The number of nitrogens with one attached hydrogen (secondary N) is 1. The maximum Gasteiger partial charge on any atom is 0.329 e. The molecule has 0 atom stereocenters. The first-order valence-electron chi connectivity index (χ1n) is 6.84. The fourth-order valence-corrected chi connectivity index (χ4v) is 3.48. The van der Waals surface area contributed by atoms with Crippen molar-refractivity contribution in [2.24, 2.45) is 5.92 Å². The molecule has 1 aliphatic carbocycles. The molecular formula is C14H20N2O3S. The van der Waals surface area contributed by atoms with Gasteiger partial charge in [0, 0.05) is 4.88 Å². The summed E-state index contributed by atoms with van der Waals surface area (Å²) in [7, 11) is 0. The molecule has 110 valence electrons. The molecule has 0 spiro atoms. The molecule has 1 aromatic heterocycles. The van der Waals surface area contributed by atoms with E-state index in [1.54, 1.807) is 0 Å². The topological polar surface area (TPSA) is 79.3 Å². The van der Waals surface area contributed by atoms with E-state index < -0.39 is 11.5 Å². The quantitative estimate of drug-likeness (QED) is 0.898. The van der Waals surface area contributed by atoms with Crippen molar-refractivity contribution in [3.8, 4) is 0 Å². The summed E-state index contributed by atoms with van der Waals surface area (Å²) in [4.78, 5) is 28.9. The minimum Gasteiger partial charge on any atom is -0.480 e. The third kappa shape index (κ3) is 2.85. The van der Waals surface area contributed by atoms with E-state index in [9.17, 15) is 14.7 Å². The summed E-state index contributed by atoms with van der Waals surface area (Å²) >= 11 is 1.45. The summed E-state index contributed by atoms with van der Waals surface area (Å²) in [6, 6.07) is 0. The van der Waals surface area contributed by atoms with E-state index in [0.29, 0.717) is 24.5 Å². The second-order valence-corrected chi connectivity index (χ2v) is 7.07. The zero-order chi connectivity index (χ0) is 14.9. The molecule has 1 saturated carbocycles. The van der Waals surface area contributed by atoms with Crippen LogP contribution < -0.4 is 5.32 Å². The third-order valence-electron chi connectivity index (χ3n) is 4.01. The Morgan fingerprint density at radius 3 is 2.40 bits per heavy atom. The largest absolute Gasteiger partial charge is 0.480 e. The first-order valence-corrected chi connectivity index (χ1v) is 7.65. The lowest BCUT2D eigenvalue weighted by Gasteiger charge is -2.36. The monoisotopic (exact) mass is 296 g/mol. The molecule has 6 heteroatoms. The molecule has 0 radical (unpaired) electrons. The van der Waals surface area contributed by atoms with Gasteiger partial charge in [-0.3, -0.25) is 4.79 Å². The summed E-state index contributed by atoms with van der Waals surface area (Å²) in [6.45, 7) is 5.78. The molecule has 1 amide bonds. The number of hydrogen-bond donors (Lipinski definition) is 2. The van der Waals surface area contributed by atoms with Crippen molar-refractivity contribution in [1.29, 1.82) is 0 Å². The van der Waals surface area contributed by atoms with Crippen LogP contribution in [0, 0.1) is 19.8 Å². The Bertz CT molecular complexity index is 531. The number of aromatic nitrogens is 1. The standard InChI is InChI=1S/C14H20N2O3S/c1-8-4-6-14(7-5-8,13(18)19)16-12(17)11-9(2)20-10(3)15-11/h8H,4-7H2,1-3H3,(H,16,17)(H,18,19). The van der Waals surface area contributed by atoms with Crippen molar-refractivity contribution < 1.29 is 14.7 Å². The van der Waals surface area contributed by atoms with Crippen LogP contribution in [0.15, 0.2) is 0 Å². The van der Waals surface area contributed by atoms with Crippen LogP contribution in [0.4, 0.5) is 0 Å². The summed E-state index contributed by atoms with van der Waals surface area (Å²) in [6.07, 6.45) is 2.61. The Hall–Kier alpha value is -1.43. The zero-order valence-corrected chi connectivity index (χ0v) is 12.8. The predicted octanol–water partition coefficient (Wildman–Crippen LogP) is 2.52. The Kier molecular flexibility index (Phi) is 4.13. The Morgan fingerprint density at radius 1 is 1.35 bits per heavy atom. The zero-order valence-electron chi connectivity index (χ0n) is 12.0. The molecule has 0 saturated heterocycles. The van der Waals surface area contributed by atoms with Gasteiger partial charge in [0.25, 0.3) is 5.91 Å². The second-order valence-electron chi connectivity index (χ2n) is 5.66. The van der Waals surface area contributed by atoms with E-state index in [0.717, 1.165) is 22.7 Å². The van der Waals surface area contributed by atoms with Gasteiger partial charge in [0.2, 0.25) is 0 Å². The van der Waals surface area contributed by atoms with Crippen LogP contribution in [-0.2, 0) is 4.79 Å². The highest BCUT2D eigenvalue weighted by Crippen LogP contribution is 2.32. The summed E-state index contributed by atoms with van der Waals surface area (Å²) in [5.74, 6) is -0.797. The Morgan fingerprint density at radius 2 is 1.95 bits per heavy atom. The lowest BCUT2D eigenvalue weighted by Crippen LogP contribution is -2.56. The Balaban J connectivity index is 2.19. The molecule has 20 heavy (non-hydrogen) atoms. The van der Waals surface area contributed by atoms with Crippen molar-refractivity contribution in [2.45, 2.75) is 52.0 Å². The van der Waals surface area contributed by atoms with Gasteiger partial charge in [-0.1, -0.05) is 6.92 Å². The molecule has 0 aromatic carbocycles. The van der Waals surface area contributed by atoms with Gasteiger partial charge < -0.3 is 10.4 Å². The molecule has 0 unspecified atom stereocenters. The Labute approximate surface area is 122 Å². The van der Waals surface area contributed by atoms with Crippen LogP contribution in [-0.4, -0.2) is 27.5 Å². The van der Waals surface area contributed by atoms with Crippen LogP contribution >= 0.6 is 11.3 Å². The van der Waals surface area contributed by atoms with Gasteiger partial charge in [-0.05, 0) is 45.4 Å². The smallest absolute Gasteiger partial charge is 0.329 e. The lowest BCUT2D eigenvalue weighted by atomic mass is 9.77. The van der Waals surface area contributed by atoms with Crippen LogP contribution in [0.25, 0.3) is 0 Å². The van der Waals surface area contributed by atoms with E-state index in [4.69, 9.17) is 0 Å². The fourth-order valence-electron chi connectivity index (χ4n) is 2.66. The van der Waals surface area contributed by atoms with Crippen LogP contribution in [0.5, 0.6) is 0 Å². The van der Waals surface area contributed by atoms with E-state index in [1.165, 1.54) is 11.3 Å². The number of aliphatic carboxylic acids is 1. The van der Waals surface area contributed by atoms with Gasteiger partial charge in [0.05, 0.1) is 5.01 Å². The third-order valence-corrected chi connectivity index (χ3v) is 4.89. The van der Waals surface area contributed by atoms with Crippen molar-refractivity contribution in [2.75, 3.05) is 0 Å². The number of carbonyl (C=O) groups excluding carboxylic acids is 1. The van der Waals surface area contributed by atoms with E-state index in [1.807, 2.05) is 13.8 Å². The first kappa shape index (κ1) is 15.0. The highest BCUT2D eigenvalue weighted by Gasteiger charge is 2.43. The first-order chi connectivity index (χ1) is 9.34. The SMILES string of the molecule is Cc1nc(C(=O)NC2(C(=O)O)CCC(C)CC2)c(C)s1. The minimum atomic E-state index is -1.13. The van der Waals surface area contributed by atoms with Crippen molar-refractivity contribution in [1.82, 2.24) is 10.3 Å². The van der Waals surface area contributed by atoms with Gasteiger partial charge in [0.1, 0.15) is 11.2 Å². The van der Waals surface area contributed by atoms with Gasteiger partial charge in [-0.25, -0.2) is 9.78 Å². The van der Waals surface area contributed by atoms with Crippen LogP contribution in [0.1, 0.15) is 53.0 Å². The van der Waals surface area contributed by atoms with E-state index in [-0.39, 0.29) is 5.91 Å². The number of carboxylic acids is 1. The van der Waals surface area contributed by atoms with Crippen LogP contribution in [0.2, 0.25) is 0 Å². The highest BCUT2D eigenvalue weighted by atomic mass is 32.1. The number of amides is 1. The minimum absolute atomic E-state index is 0.353. The number of rotatable bonds is 3. The van der Waals surface area contributed by atoms with E-state index >= 15 is 0 Å². The summed E-state index contributed by atoms with van der Waals surface area (Å²) in [5.41, 5.74) is -0.778. The van der Waals surface area contributed by atoms with Gasteiger partial charge in [-0.2, -0.15) is 0 Å². The number of carboxylic acid groups (broad SMARTS) is 1. The molecule has 1 fully saturated rings. The molecule has 1 aromatic rings. The molecule has 1 heterocycles. The average Bonchev–Trinajstić information content (AvgIpc) is 2.71. The van der Waals surface area contributed by atoms with Crippen molar-refractivity contribution in [3.05, 3.63) is 15.6 Å². The molecular weight excluding hydrogens is 276 g/mol. The number of carbonyl (C=O) groups is 2. The van der Waals surface area contributed by atoms with Crippen molar-refractivity contribution >= 4 is 23.2 Å². The molecule has 0 bridgehead atoms.